The largest absolute Gasteiger partial charge is 0.344 e. The van der Waals surface area contributed by atoms with Gasteiger partial charge < -0.3 is 4.57 Å². The van der Waals surface area contributed by atoms with Gasteiger partial charge in [0.15, 0.2) is 0 Å². The zero-order valence-electron chi connectivity index (χ0n) is 9.27. The van der Waals surface area contributed by atoms with E-state index >= 15 is 0 Å². The highest BCUT2D eigenvalue weighted by atomic mass is 19.1. The molecule has 0 spiro atoms. The summed E-state index contributed by atoms with van der Waals surface area (Å²) in [5.74, 6) is -0.262. The Kier molecular flexibility index (Phi) is 2.01. The molecule has 0 saturated carbocycles. The fourth-order valence-electron chi connectivity index (χ4n) is 2.28. The molecular formula is C14H10FNO. The van der Waals surface area contributed by atoms with E-state index < -0.39 is 0 Å². The van der Waals surface area contributed by atoms with Crippen molar-refractivity contribution in [2.75, 3.05) is 0 Å². The van der Waals surface area contributed by atoms with Gasteiger partial charge in [-0.3, -0.25) is 4.79 Å². The fraction of sp³-hybridized carbons (Fsp3) is 0.0714. The molecule has 0 fully saturated rings. The predicted octanol–water partition coefficient (Wildman–Crippen LogP) is 3.28. The van der Waals surface area contributed by atoms with Crippen molar-refractivity contribution in [1.29, 1.82) is 0 Å². The molecule has 0 bridgehead atoms. The maximum absolute atomic E-state index is 13.3. The van der Waals surface area contributed by atoms with Crippen LogP contribution in [0.3, 0.4) is 0 Å². The molecule has 0 saturated heterocycles. The normalized spacial score (nSPS) is 11.2. The quantitative estimate of drug-likeness (QED) is 0.585. The third kappa shape index (κ3) is 1.35. The summed E-state index contributed by atoms with van der Waals surface area (Å²) in [4.78, 5) is 10.8. The molecular weight excluding hydrogens is 217 g/mol. The van der Waals surface area contributed by atoms with Crippen molar-refractivity contribution in [2.45, 2.75) is 0 Å². The predicted molar refractivity (Wildman–Crippen MR) is 65.8 cm³/mol. The number of rotatable bonds is 1. The van der Waals surface area contributed by atoms with E-state index in [4.69, 9.17) is 0 Å². The number of nitrogens with zero attached hydrogens (tertiary/aromatic N) is 1. The molecule has 0 aliphatic rings. The summed E-state index contributed by atoms with van der Waals surface area (Å²) in [5, 5.41) is 1.75. The van der Waals surface area contributed by atoms with Gasteiger partial charge in [-0.05, 0) is 36.4 Å². The molecule has 0 aliphatic carbocycles. The van der Waals surface area contributed by atoms with Gasteiger partial charge in [-0.15, -0.1) is 0 Å². The Labute approximate surface area is 97.3 Å². The van der Waals surface area contributed by atoms with Crippen LogP contribution in [0.4, 0.5) is 4.39 Å². The Balaban J connectivity index is 2.55. The molecule has 3 aromatic rings. The molecule has 0 amide bonds. The van der Waals surface area contributed by atoms with Gasteiger partial charge in [0, 0.05) is 34.4 Å². The second-order valence-electron chi connectivity index (χ2n) is 4.11. The topological polar surface area (TPSA) is 22.0 Å². The van der Waals surface area contributed by atoms with Crippen molar-refractivity contribution >= 4 is 28.1 Å². The SMILES string of the molecule is Cn1c2ccc(F)cc2c2cc(C=O)ccc21. The lowest BCUT2D eigenvalue weighted by atomic mass is 10.1. The van der Waals surface area contributed by atoms with Crippen molar-refractivity contribution in [3.63, 3.8) is 0 Å². The lowest BCUT2D eigenvalue weighted by Crippen LogP contribution is -1.86. The average Bonchev–Trinajstić information content (AvgIpc) is 2.62. The fourth-order valence-corrected chi connectivity index (χ4v) is 2.28. The van der Waals surface area contributed by atoms with Gasteiger partial charge in [0.1, 0.15) is 12.1 Å². The van der Waals surface area contributed by atoms with Crippen molar-refractivity contribution < 1.29 is 9.18 Å². The van der Waals surface area contributed by atoms with Gasteiger partial charge in [-0.2, -0.15) is 0 Å². The smallest absolute Gasteiger partial charge is 0.150 e. The first-order valence-corrected chi connectivity index (χ1v) is 5.33. The van der Waals surface area contributed by atoms with E-state index in [-0.39, 0.29) is 5.82 Å². The van der Waals surface area contributed by atoms with Gasteiger partial charge in [0.2, 0.25) is 0 Å². The molecule has 1 aromatic heterocycles. The monoisotopic (exact) mass is 227 g/mol. The maximum Gasteiger partial charge on any atom is 0.150 e. The van der Waals surface area contributed by atoms with E-state index in [1.54, 1.807) is 18.2 Å². The Morgan fingerprint density at radius 2 is 1.71 bits per heavy atom. The molecule has 0 atom stereocenters. The third-order valence-electron chi connectivity index (χ3n) is 3.13. The first-order valence-electron chi connectivity index (χ1n) is 5.33. The van der Waals surface area contributed by atoms with Crippen LogP contribution in [0.1, 0.15) is 10.4 Å². The first kappa shape index (κ1) is 10.0. The molecule has 1 heterocycles. The van der Waals surface area contributed by atoms with Crippen LogP contribution in [0.5, 0.6) is 0 Å². The number of fused-ring (bicyclic) bond motifs is 3. The molecule has 17 heavy (non-hydrogen) atoms. The Morgan fingerprint density at radius 1 is 1.06 bits per heavy atom. The number of hydrogen-bond donors (Lipinski definition) is 0. The molecule has 84 valence electrons. The van der Waals surface area contributed by atoms with E-state index in [1.165, 1.54) is 12.1 Å². The van der Waals surface area contributed by atoms with E-state index in [1.807, 2.05) is 17.7 Å². The molecule has 0 radical (unpaired) electrons. The van der Waals surface area contributed by atoms with Gasteiger partial charge in [0.25, 0.3) is 0 Å². The van der Waals surface area contributed by atoms with E-state index in [9.17, 15) is 9.18 Å². The minimum atomic E-state index is -0.262. The molecule has 2 aromatic carbocycles. The van der Waals surface area contributed by atoms with E-state index in [2.05, 4.69) is 0 Å². The molecule has 0 N–H and O–H groups in total. The number of halogens is 1. The number of carbonyl (C=O) groups excluding carboxylic acids is 1. The summed E-state index contributed by atoms with van der Waals surface area (Å²) in [6, 6.07) is 10.2. The highest BCUT2D eigenvalue weighted by molar-refractivity contribution is 6.09. The maximum atomic E-state index is 13.3. The second kappa shape index (κ2) is 3.42. The highest BCUT2D eigenvalue weighted by Gasteiger charge is 2.09. The van der Waals surface area contributed by atoms with E-state index in [0.29, 0.717) is 5.56 Å². The minimum absolute atomic E-state index is 0.262. The van der Waals surface area contributed by atoms with Crippen LogP contribution >= 0.6 is 0 Å². The minimum Gasteiger partial charge on any atom is -0.344 e. The highest BCUT2D eigenvalue weighted by Crippen LogP contribution is 2.29. The number of aromatic nitrogens is 1. The van der Waals surface area contributed by atoms with Crippen LogP contribution in [0.2, 0.25) is 0 Å². The number of aryl methyl sites for hydroxylation is 1. The zero-order chi connectivity index (χ0) is 12.0. The van der Waals surface area contributed by atoms with Crippen molar-refractivity contribution in [1.82, 2.24) is 4.57 Å². The molecule has 0 unspecified atom stereocenters. The van der Waals surface area contributed by atoms with Crippen LogP contribution in [-0.2, 0) is 7.05 Å². The van der Waals surface area contributed by atoms with Crippen LogP contribution in [0.15, 0.2) is 36.4 Å². The number of aldehydes is 1. The number of hydrogen-bond acceptors (Lipinski definition) is 1. The summed E-state index contributed by atoms with van der Waals surface area (Å²) in [5.41, 5.74) is 2.56. The van der Waals surface area contributed by atoms with Crippen LogP contribution < -0.4 is 0 Å². The Hall–Kier alpha value is -2.16. The molecule has 0 aliphatic heterocycles. The summed E-state index contributed by atoms with van der Waals surface area (Å²) in [6.45, 7) is 0. The lowest BCUT2D eigenvalue weighted by Gasteiger charge is -1.97. The van der Waals surface area contributed by atoms with Crippen molar-refractivity contribution in [3.8, 4) is 0 Å². The number of carbonyl (C=O) groups is 1. The number of benzene rings is 2. The van der Waals surface area contributed by atoms with Crippen LogP contribution in [-0.4, -0.2) is 10.9 Å². The lowest BCUT2D eigenvalue weighted by molar-refractivity contribution is 0.112. The third-order valence-corrected chi connectivity index (χ3v) is 3.13. The summed E-state index contributed by atoms with van der Waals surface area (Å²) < 4.78 is 15.3. The summed E-state index contributed by atoms with van der Waals surface area (Å²) >= 11 is 0. The van der Waals surface area contributed by atoms with Crippen LogP contribution in [0, 0.1) is 5.82 Å². The molecule has 3 rings (SSSR count). The van der Waals surface area contributed by atoms with Gasteiger partial charge in [0.05, 0.1) is 0 Å². The Bertz CT molecular complexity index is 743. The van der Waals surface area contributed by atoms with Crippen LogP contribution in [0.25, 0.3) is 21.8 Å². The van der Waals surface area contributed by atoms with E-state index in [0.717, 1.165) is 28.1 Å². The van der Waals surface area contributed by atoms with Gasteiger partial charge in [-0.1, -0.05) is 0 Å². The van der Waals surface area contributed by atoms with Gasteiger partial charge in [-0.25, -0.2) is 4.39 Å². The summed E-state index contributed by atoms with van der Waals surface area (Å²) in [7, 11) is 1.93. The molecule has 3 heteroatoms. The average molecular weight is 227 g/mol. The second-order valence-corrected chi connectivity index (χ2v) is 4.11. The van der Waals surface area contributed by atoms with Crippen molar-refractivity contribution in [3.05, 3.63) is 47.8 Å². The first-order chi connectivity index (χ1) is 8.20. The van der Waals surface area contributed by atoms with Gasteiger partial charge >= 0.3 is 0 Å². The molecule has 2 nitrogen and oxygen atoms in total. The Morgan fingerprint density at radius 3 is 2.41 bits per heavy atom. The standard InChI is InChI=1S/C14H10FNO/c1-16-13-4-2-9(8-17)6-11(13)12-7-10(15)3-5-14(12)16/h2-8H,1H3. The zero-order valence-corrected chi connectivity index (χ0v) is 9.27. The summed E-state index contributed by atoms with van der Waals surface area (Å²) in [6.07, 6.45) is 0.803. The van der Waals surface area contributed by atoms with Crippen molar-refractivity contribution in [2.24, 2.45) is 7.05 Å².